The molecule has 2 aromatic rings. The first-order valence-electron chi connectivity index (χ1n) is 5.37. The number of carbonyl (C=O) groups excluding carboxylic acids is 1. The maximum Gasteiger partial charge on any atom is 0.257 e. The molecule has 17 heavy (non-hydrogen) atoms. The molecule has 0 aromatic heterocycles. The Kier molecular flexibility index (Phi) is 3.08. The van der Waals surface area contributed by atoms with Crippen LogP contribution in [0.3, 0.4) is 0 Å². The summed E-state index contributed by atoms with van der Waals surface area (Å²) in [5.74, 6) is 5.12. The van der Waals surface area contributed by atoms with Crippen LogP contribution in [0.4, 0.5) is 0 Å². The molecule has 2 aromatic carbocycles. The topological polar surface area (TPSA) is 72.3 Å². The minimum absolute atomic E-state index is 0.304. The number of rotatable bonds is 2. The first-order chi connectivity index (χ1) is 8.11. The molecule has 4 N–H and O–H groups in total. The quantitative estimate of drug-likeness (QED) is 0.461. The van der Waals surface area contributed by atoms with Gasteiger partial charge in [-0.25, -0.2) is 5.84 Å². The van der Waals surface area contributed by atoms with Crippen molar-refractivity contribution in [2.45, 2.75) is 6.04 Å². The Balaban J connectivity index is 2.52. The minimum atomic E-state index is -0.726. The van der Waals surface area contributed by atoms with Gasteiger partial charge < -0.3 is 5.73 Å². The van der Waals surface area contributed by atoms with Crippen molar-refractivity contribution in [1.82, 2.24) is 5.01 Å². The second-order valence-corrected chi connectivity index (χ2v) is 4.00. The maximum absolute atomic E-state index is 11.8. The minimum Gasteiger partial charge on any atom is -0.316 e. The number of hydrogen-bond acceptors (Lipinski definition) is 3. The molecule has 2 rings (SSSR count). The number of carbonyl (C=O) groups is 1. The lowest BCUT2D eigenvalue weighted by Crippen LogP contribution is -2.40. The molecule has 0 aliphatic carbocycles. The molecule has 0 saturated heterocycles. The Labute approximate surface area is 99.8 Å². The lowest BCUT2D eigenvalue weighted by Gasteiger charge is -2.18. The largest absolute Gasteiger partial charge is 0.316 e. The highest BCUT2D eigenvalue weighted by Gasteiger charge is 2.19. The summed E-state index contributed by atoms with van der Waals surface area (Å²) in [4.78, 5) is 11.8. The smallest absolute Gasteiger partial charge is 0.257 e. The van der Waals surface area contributed by atoms with Crippen LogP contribution < -0.4 is 11.6 Å². The normalized spacial score (nSPS) is 12.4. The number of nitrogens with two attached hydrogens (primary N) is 2. The van der Waals surface area contributed by atoms with Crippen molar-refractivity contribution in [3.05, 3.63) is 48.0 Å². The first-order valence-corrected chi connectivity index (χ1v) is 5.37. The van der Waals surface area contributed by atoms with Gasteiger partial charge in [0.15, 0.2) is 0 Å². The predicted molar refractivity (Wildman–Crippen MR) is 67.8 cm³/mol. The lowest BCUT2D eigenvalue weighted by atomic mass is 9.99. The van der Waals surface area contributed by atoms with E-state index in [0.29, 0.717) is 0 Å². The van der Waals surface area contributed by atoms with Crippen LogP contribution in [0.2, 0.25) is 0 Å². The van der Waals surface area contributed by atoms with Crippen LogP contribution in [0.15, 0.2) is 42.5 Å². The molecule has 0 aliphatic heterocycles. The average Bonchev–Trinajstić information content (AvgIpc) is 2.36. The number of hydrogen-bond donors (Lipinski definition) is 2. The van der Waals surface area contributed by atoms with Crippen molar-refractivity contribution < 1.29 is 4.79 Å². The number of nitrogens with zero attached hydrogens (tertiary/aromatic N) is 1. The molecule has 0 heterocycles. The molecule has 0 fully saturated rings. The van der Waals surface area contributed by atoms with Gasteiger partial charge in [-0.2, -0.15) is 0 Å². The summed E-state index contributed by atoms with van der Waals surface area (Å²) < 4.78 is 0. The molecule has 4 heteroatoms. The zero-order valence-corrected chi connectivity index (χ0v) is 9.63. The Morgan fingerprint density at radius 1 is 1.18 bits per heavy atom. The molecule has 1 unspecified atom stereocenters. The SMILES string of the molecule is CN(N)C(=O)C(N)c1cccc2ccccc12. The maximum atomic E-state index is 11.8. The Morgan fingerprint density at radius 2 is 1.82 bits per heavy atom. The van der Waals surface area contributed by atoms with Crippen molar-refractivity contribution in [1.29, 1.82) is 0 Å². The van der Waals surface area contributed by atoms with Gasteiger partial charge in [-0.1, -0.05) is 42.5 Å². The number of likely N-dealkylation sites (N-methyl/N-ethyl adjacent to an activating group) is 1. The molecule has 0 radical (unpaired) electrons. The average molecular weight is 229 g/mol. The van der Waals surface area contributed by atoms with Gasteiger partial charge in [0.2, 0.25) is 0 Å². The fourth-order valence-corrected chi connectivity index (χ4v) is 1.87. The second-order valence-electron chi connectivity index (χ2n) is 4.00. The number of hydrazine groups is 1. The van der Waals surface area contributed by atoms with Gasteiger partial charge in [0, 0.05) is 7.05 Å². The summed E-state index contributed by atoms with van der Waals surface area (Å²) in [5.41, 5.74) is 6.73. The fourth-order valence-electron chi connectivity index (χ4n) is 1.87. The first kappa shape index (κ1) is 11.6. The zero-order chi connectivity index (χ0) is 12.4. The number of fused-ring (bicyclic) bond motifs is 1. The van der Waals surface area contributed by atoms with Gasteiger partial charge in [0.1, 0.15) is 6.04 Å². The van der Waals surface area contributed by atoms with E-state index in [2.05, 4.69) is 0 Å². The van der Waals surface area contributed by atoms with Gasteiger partial charge in [0.05, 0.1) is 0 Å². The highest BCUT2D eigenvalue weighted by molar-refractivity contribution is 5.92. The third kappa shape index (κ3) is 2.13. The van der Waals surface area contributed by atoms with E-state index >= 15 is 0 Å². The summed E-state index contributed by atoms with van der Waals surface area (Å²) in [6, 6.07) is 12.8. The number of benzene rings is 2. The lowest BCUT2D eigenvalue weighted by molar-refractivity contribution is -0.131. The van der Waals surface area contributed by atoms with Crippen LogP contribution in [0.25, 0.3) is 10.8 Å². The molecule has 0 spiro atoms. The van der Waals surface area contributed by atoms with Gasteiger partial charge in [-0.05, 0) is 16.3 Å². The van der Waals surface area contributed by atoms with E-state index in [1.807, 2.05) is 42.5 Å². The van der Waals surface area contributed by atoms with Gasteiger partial charge in [-0.15, -0.1) is 0 Å². The summed E-state index contributed by atoms with van der Waals surface area (Å²) in [6.07, 6.45) is 0. The van der Waals surface area contributed by atoms with Crippen LogP contribution in [0, 0.1) is 0 Å². The van der Waals surface area contributed by atoms with Crippen LogP contribution in [0.1, 0.15) is 11.6 Å². The predicted octanol–water partition coefficient (Wildman–Crippen LogP) is 1.17. The van der Waals surface area contributed by atoms with E-state index in [-0.39, 0.29) is 5.91 Å². The van der Waals surface area contributed by atoms with Crippen molar-refractivity contribution in [3.8, 4) is 0 Å². The van der Waals surface area contributed by atoms with E-state index in [1.165, 1.54) is 7.05 Å². The molecule has 88 valence electrons. The Hall–Kier alpha value is -1.91. The molecule has 0 aliphatic rings. The standard InChI is InChI=1S/C13H15N3O/c1-16(15)13(17)12(14)11-8-4-6-9-5-2-3-7-10(9)11/h2-8,12H,14-15H2,1H3. The summed E-state index contributed by atoms with van der Waals surface area (Å²) in [7, 11) is 1.49. The molecular weight excluding hydrogens is 214 g/mol. The van der Waals surface area contributed by atoms with E-state index in [1.54, 1.807) is 0 Å². The summed E-state index contributed by atoms with van der Waals surface area (Å²) >= 11 is 0. The van der Waals surface area contributed by atoms with Crippen molar-refractivity contribution >= 4 is 16.7 Å². The summed E-state index contributed by atoms with van der Waals surface area (Å²) in [6.45, 7) is 0. The van der Waals surface area contributed by atoms with Crippen LogP contribution >= 0.6 is 0 Å². The van der Waals surface area contributed by atoms with Crippen molar-refractivity contribution in [3.63, 3.8) is 0 Å². The zero-order valence-electron chi connectivity index (χ0n) is 9.63. The molecule has 1 amide bonds. The molecule has 4 nitrogen and oxygen atoms in total. The third-order valence-electron chi connectivity index (χ3n) is 2.77. The Morgan fingerprint density at radius 3 is 2.53 bits per heavy atom. The van der Waals surface area contributed by atoms with Crippen LogP contribution in [-0.2, 0) is 4.79 Å². The van der Waals surface area contributed by atoms with Crippen molar-refractivity contribution in [2.75, 3.05) is 7.05 Å². The second kappa shape index (κ2) is 4.53. The fraction of sp³-hybridized carbons (Fsp3) is 0.154. The van der Waals surface area contributed by atoms with Crippen molar-refractivity contribution in [2.24, 2.45) is 11.6 Å². The molecule has 0 bridgehead atoms. The van der Waals surface area contributed by atoms with Gasteiger partial charge >= 0.3 is 0 Å². The Bertz CT molecular complexity index is 546. The van der Waals surface area contributed by atoms with Crippen LogP contribution in [-0.4, -0.2) is 18.0 Å². The van der Waals surface area contributed by atoms with E-state index in [0.717, 1.165) is 21.3 Å². The summed E-state index contributed by atoms with van der Waals surface area (Å²) in [5, 5.41) is 3.07. The highest BCUT2D eigenvalue weighted by Crippen LogP contribution is 2.23. The third-order valence-corrected chi connectivity index (χ3v) is 2.77. The van der Waals surface area contributed by atoms with E-state index in [9.17, 15) is 4.79 Å². The molecule has 0 saturated carbocycles. The van der Waals surface area contributed by atoms with E-state index < -0.39 is 6.04 Å². The van der Waals surface area contributed by atoms with Crippen LogP contribution in [0.5, 0.6) is 0 Å². The van der Waals surface area contributed by atoms with Gasteiger partial charge in [-0.3, -0.25) is 9.80 Å². The van der Waals surface area contributed by atoms with Gasteiger partial charge in [0.25, 0.3) is 5.91 Å². The molecule has 1 atom stereocenters. The highest BCUT2D eigenvalue weighted by atomic mass is 16.2. The monoisotopic (exact) mass is 229 g/mol. The molecular formula is C13H15N3O. The number of amides is 1. The van der Waals surface area contributed by atoms with E-state index in [4.69, 9.17) is 11.6 Å².